The van der Waals surface area contributed by atoms with Gasteiger partial charge in [0.25, 0.3) is 0 Å². The van der Waals surface area contributed by atoms with Gasteiger partial charge in [0.1, 0.15) is 16.5 Å². The lowest BCUT2D eigenvalue weighted by Gasteiger charge is -2.18. The quantitative estimate of drug-likeness (QED) is 0.517. The van der Waals surface area contributed by atoms with E-state index in [9.17, 15) is 9.50 Å². The zero-order valence-corrected chi connectivity index (χ0v) is 17.0. The minimum atomic E-state index is -1.08. The van der Waals surface area contributed by atoms with Gasteiger partial charge in [-0.15, -0.1) is 16.4 Å². The molecule has 0 atom stereocenters. The van der Waals surface area contributed by atoms with Gasteiger partial charge < -0.3 is 10.4 Å². The summed E-state index contributed by atoms with van der Waals surface area (Å²) in [6.07, 6.45) is 1.75. The molecular formula is C21H21FN4OS. The number of thiophene rings is 1. The number of hydrogen-bond donors (Lipinski definition) is 2. The normalized spacial score (nSPS) is 12.1. The third-order valence-corrected chi connectivity index (χ3v) is 6.10. The SMILES string of the molecule is Cc1nnc2sc3c(NCc4ccc(C(C)(C)O)cc4F)nccc3c2c1C. The molecule has 0 fully saturated rings. The Hall–Kier alpha value is -2.64. The highest BCUT2D eigenvalue weighted by Crippen LogP contribution is 2.38. The Morgan fingerprint density at radius 1 is 1.18 bits per heavy atom. The fourth-order valence-electron chi connectivity index (χ4n) is 3.20. The molecule has 4 aromatic rings. The van der Waals surface area contributed by atoms with Crippen LogP contribution in [0.5, 0.6) is 0 Å². The number of rotatable bonds is 4. The van der Waals surface area contributed by atoms with Gasteiger partial charge in [-0.3, -0.25) is 0 Å². The molecular weight excluding hydrogens is 375 g/mol. The number of pyridine rings is 1. The molecule has 0 bridgehead atoms. The van der Waals surface area contributed by atoms with Crippen LogP contribution in [0.1, 0.15) is 36.2 Å². The van der Waals surface area contributed by atoms with Crippen LogP contribution in [-0.4, -0.2) is 20.3 Å². The van der Waals surface area contributed by atoms with Crippen LogP contribution < -0.4 is 5.32 Å². The second-order valence-electron chi connectivity index (χ2n) is 7.45. The van der Waals surface area contributed by atoms with E-state index >= 15 is 0 Å². The van der Waals surface area contributed by atoms with Crippen LogP contribution in [0.15, 0.2) is 30.5 Å². The molecule has 1 aromatic carbocycles. The van der Waals surface area contributed by atoms with E-state index in [1.54, 1.807) is 32.2 Å². The average Bonchev–Trinajstić information content (AvgIpc) is 3.03. The molecule has 0 radical (unpaired) electrons. The smallest absolute Gasteiger partial charge is 0.147 e. The van der Waals surface area contributed by atoms with Crippen molar-refractivity contribution in [2.24, 2.45) is 0 Å². The lowest BCUT2D eigenvalue weighted by Crippen LogP contribution is -2.16. The molecule has 0 unspecified atom stereocenters. The Labute approximate surface area is 166 Å². The van der Waals surface area contributed by atoms with Crippen molar-refractivity contribution in [1.29, 1.82) is 0 Å². The van der Waals surface area contributed by atoms with Crippen molar-refractivity contribution >= 4 is 37.5 Å². The average molecular weight is 396 g/mol. The number of nitrogens with zero attached hydrogens (tertiary/aromatic N) is 3. The van der Waals surface area contributed by atoms with Gasteiger partial charge >= 0.3 is 0 Å². The van der Waals surface area contributed by atoms with Crippen molar-refractivity contribution in [1.82, 2.24) is 15.2 Å². The topological polar surface area (TPSA) is 70.9 Å². The second-order valence-corrected chi connectivity index (χ2v) is 8.45. The van der Waals surface area contributed by atoms with Crippen molar-refractivity contribution in [2.45, 2.75) is 39.8 Å². The fraction of sp³-hybridized carbons (Fsp3) is 0.286. The highest BCUT2D eigenvalue weighted by Gasteiger charge is 2.18. The predicted molar refractivity (Wildman–Crippen MR) is 111 cm³/mol. The van der Waals surface area contributed by atoms with E-state index in [0.29, 0.717) is 23.5 Å². The first-order valence-electron chi connectivity index (χ1n) is 9.02. The number of aromatic nitrogens is 3. The molecule has 2 N–H and O–H groups in total. The molecule has 0 saturated carbocycles. The standard InChI is InChI=1S/C21H21FN4OS/c1-11-12(2)25-26-20-17(11)15-7-8-23-19(18(15)28-20)24-10-13-5-6-14(9-16(13)22)21(3,4)27/h5-9,27H,10H2,1-4H3,(H,23,24). The van der Waals surface area contributed by atoms with Gasteiger partial charge in [-0.1, -0.05) is 12.1 Å². The maximum Gasteiger partial charge on any atom is 0.147 e. The van der Waals surface area contributed by atoms with Gasteiger partial charge in [0.05, 0.1) is 16.0 Å². The summed E-state index contributed by atoms with van der Waals surface area (Å²) in [6, 6.07) is 6.80. The lowest BCUT2D eigenvalue weighted by molar-refractivity contribution is 0.0782. The first-order chi connectivity index (χ1) is 13.3. The molecule has 28 heavy (non-hydrogen) atoms. The summed E-state index contributed by atoms with van der Waals surface area (Å²) in [5.74, 6) is 0.344. The molecule has 5 nitrogen and oxygen atoms in total. The Kier molecular flexibility index (Phi) is 4.51. The summed E-state index contributed by atoms with van der Waals surface area (Å²) in [5.41, 5.74) is 2.00. The Morgan fingerprint density at radius 2 is 1.96 bits per heavy atom. The molecule has 0 aliphatic heterocycles. The number of aliphatic hydroxyl groups is 1. The van der Waals surface area contributed by atoms with Crippen LogP contribution in [0.4, 0.5) is 10.2 Å². The number of nitrogens with one attached hydrogen (secondary N) is 1. The van der Waals surface area contributed by atoms with E-state index in [-0.39, 0.29) is 5.82 Å². The molecule has 3 heterocycles. The largest absolute Gasteiger partial charge is 0.386 e. The van der Waals surface area contributed by atoms with Crippen molar-refractivity contribution in [3.05, 3.63) is 58.7 Å². The van der Waals surface area contributed by atoms with Gasteiger partial charge in [-0.25, -0.2) is 9.37 Å². The summed E-state index contributed by atoms with van der Waals surface area (Å²) in [6.45, 7) is 7.57. The van der Waals surface area contributed by atoms with Gasteiger partial charge in [0.15, 0.2) is 0 Å². The number of hydrogen-bond acceptors (Lipinski definition) is 6. The van der Waals surface area contributed by atoms with Crippen LogP contribution in [0.25, 0.3) is 20.3 Å². The van der Waals surface area contributed by atoms with Crippen LogP contribution in [0.2, 0.25) is 0 Å². The first-order valence-corrected chi connectivity index (χ1v) is 9.83. The molecule has 0 saturated heterocycles. The number of halogens is 1. The van der Waals surface area contributed by atoms with E-state index in [2.05, 4.69) is 20.5 Å². The Bertz CT molecular complexity index is 1200. The van der Waals surface area contributed by atoms with Gasteiger partial charge in [-0.2, -0.15) is 5.10 Å². The lowest BCUT2D eigenvalue weighted by atomic mass is 9.97. The molecule has 0 aliphatic carbocycles. The molecule has 0 amide bonds. The minimum Gasteiger partial charge on any atom is -0.386 e. The van der Waals surface area contributed by atoms with Gasteiger partial charge in [0, 0.05) is 29.1 Å². The highest BCUT2D eigenvalue weighted by molar-refractivity contribution is 7.26. The zero-order valence-electron chi connectivity index (χ0n) is 16.2. The number of benzene rings is 1. The molecule has 3 aromatic heterocycles. The molecule has 0 aliphatic rings. The van der Waals surface area contributed by atoms with Crippen molar-refractivity contribution in [2.75, 3.05) is 5.32 Å². The van der Waals surface area contributed by atoms with Crippen molar-refractivity contribution in [3.63, 3.8) is 0 Å². The third kappa shape index (κ3) is 3.21. The highest BCUT2D eigenvalue weighted by atomic mass is 32.1. The van der Waals surface area contributed by atoms with Crippen LogP contribution in [0, 0.1) is 19.7 Å². The van der Waals surface area contributed by atoms with Crippen LogP contribution in [0.3, 0.4) is 0 Å². The predicted octanol–water partition coefficient (Wildman–Crippen LogP) is 4.83. The Balaban J connectivity index is 1.69. The van der Waals surface area contributed by atoms with Crippen molar-refractivity contribution in [3.8, 4) is 0 Å². The molecule has 4 rings (SSSR count). The van der Waals surface area contributed by atoms with Crippen molar-refractivity contribution < 1.29 is 9.50 Å². The summed E-state index contributed by atoms with van der Waals surface area (Å²) in [4.78, 5) is 5.31. The van der Waals surface area contributed by atoms with Crippen LogP contribution >= 0.6 is 11.3 Å². The summed E-state index contributed by atoms with van der Waals surface area (Å²) >= 11 is 1.53. The van der Waals surface area contributed by atoms with E-state index in [1.807, 2.05) is 19.9 Å². The zero-order chi connectivity index (χ0) is 20.1. The number of anilines is 1. The summed E-state index contributed by atoms with van der Waals surface area (Å²) < 4.78 is 15.5. The first kappa shape index (κ1) is 18.7. The molecule has 0 spiro atoms. The van der Waals surface area contributed by atoms with Crippen LogP contribution in [-0.2, 0) is 12.1 Å². The van der Waals surface area contributed by atoms with E-state index in [0.717, 1.165) is 31.6 Å². The summed E-state index contributed by atoms with van der Waals surface area (Å²) in [7, 11) is 0. The molecule has 7 heteroatoms. The van der Waals surface area contributed by atoms with E-state index < -0.39 is 5.60 Å². The summed E-state index contributed by atoms with van der Waals surface area (Å²) in [5, 5.41) is 24.0. The number of fused-ring (bicyclic) bond motifs is 3. The second kappa shape index (κ2) is 6.76. The minimum absolute atomic E-state index is 0.294. The Morgan fingerprint density at radius 3 is 2.68 bits per heavy atom. The van der Waals surface area contributed by atoms with Gasteiger partial charge in [0.2, 0.25) is 0 Å². The maximum atomic E-state index is 14.5. The third-order valence-electron chi connectivity index (χ3n) is 5.00. The fourth-order valence-corrected chi connectivity index (χ4v) is 4.34. The molecule has 144 valence electrons. The van der Waals surface area contributed by atoms with E-state index in [4.69, 9.17) is 0 Å². The van der Waals surface area contributed by atoms with Gasteiger partial charge in [-0.05, 0) is 51.0 Å². The monoisotopic (exact) mass is 396 g/mol. The maximum absolute atomic E-state index is 14.5. The number of aryl methyl sites for hydroxylation is 2. The van der Waals surface area contributed by atoms with E-state index in [1.165, 1.54) is 17.4 Å².